The van der Waals surface area contributed by atoms with Gasteiger partial charge >= 0.3 is 0 Å². The van der Waals surface area contributed by atoms with Crippen LogP contribution in [0.2, 0.25) is 0 Å². The third-order valence-electron chi connectivity index (χ3n) is 4.59. The van der Waals surface area contributed by atoms with E-state index in [2.05, 4.69) is 20.6 Å². The summed E-state index contributed by atoms with van der Waals surface area (Å²) < 4.78 is 7.03. The smallest absolute Gasteiger partial charge is 0.246 e. The molecule has 1 saturated carbocycles. The van der Waals surface area contributed by atoms with Crippen LogP contribution in [0.1, 0.15) is 31.2 Å². The van der Waals surface area contributed by atoms with Crippen LogP contribution in [0, 0.1) is 0 Å². The first-order valence-corrected chi connectivity index (χ1v) is 8.40. The fraction of sp³-hybridized carbons (Fsp3) is 0.333. The van der Waals surface area contributed by atoms with Crippen LogP contribution in [0.4, 0.5) is 0 Å². The van der Waals surface area contributed by atoms with E-state index in [-0.39, 0.29) is 12.5 Å². The van der Waals surface area contributed by atoms with Gasteiger partial charge in [-0.2, -0.15) is 10.1 Å². The lowest BCUT2D eigenvalue weighted by Gasteiger charge is -2.14. The Morgan fingerprint density at radius 3 is 2.80 bits per heavy atom. The molecule has 7 nitrogen and oxygen atoms in total. The molecule has 25 heavy (non-hydrogen) atoms. The van der Waals surface area contributed by atoms with Gasteiger partial charge in [0.1, 0.15) is 0 Å². The summed E-state index contributed by atoms with van der Waals surface area (Å²) >= 11 is 0. The molecular formula is C18H19N5O2. The van der Waals surface area contributed by atoms with Crippen LogP contribution in [0.25, 0.3) is 11.4 Å². The molecule has 4 rings (SSSR count). The molecule has 2 heterocycles. The maximum absolute atomic E-state index is 12.6. The van der Waals surface area contributed by atoms with Gasteiger partial charge in [0.05, 0.1) is 23.7 Å². The van der Waals surface area contributed by atoms with E-state index >= 15 is 0 Å². The molecule has 0 bridgehead atoms. The molecular weight excluding hydrogens is 318 g/mol. The molecule has 7 heteroatoms. The molecule has 2 aromatic heterocycles. The number of amides is 1. The van der Waals surface area contributed by atoms with Crippen molar-refractivity contribution in [2.24, 2.45) is 0 Å². The highest BCUT2D eigenvalue weighted by Gasteiger charge is 2.51. The predicted molar refractivity (Wildman–Crippen MR) is 90.4 cm³/mol. The molecule has 0 saturated heterocycles. The van der Waals surface area contributed by atoms with Crippen molar-refractivity contribution in [2.45, 2.75) is 38.3 Å². The van der Waals surface area contributed by atoms with E-state index in [4.69, 9.17) is 4.52 Å². The Kier molecular flexibility index (Phi) is 3.83. The molecule has 1 aromatic carbocycles. The van der Waals surface area contributed by atoms with Crippen molar-refractivity contribution in [1.29, 1.82) is 0 Å². The molecule has 0 unspecified atom stereocenters. The van der Waals surface area contributed by atoms with Crippen LogP contribution in [0.5, 0.6) is 0 Å². The van der Waals surface area contributed by atoms with Crippen LogP contribution < -0.4 is 5.32 Å². The zero-order valence-electron chi connectivity index (χ0n) is 14.0. The Morgan fingerprint density at radius 2 is 2.12 bits per heavy atom. The van der Waals surface area contributed by atoms with Gasteiger partial charge in [-0.05, 0) is 25.3 Å². The lowest BCUT2D eigenvalue weighted by molar-refractivity contribution is -0.123. The number of aryl methyl sites for hydroxylation is 1. The van der Waals surface area contributed by atoms with Crippen LogP contribution in [0.15, 0.2) is 47.2 Å². The summed E-state index contributed by atoms with van der Waals surface area (Å²) in [5.74, 6) is 0.877. The number of nitrogens with zero attached hydrogens (tertiary/aromatic N) is 4. The van der Waals surface area contributed by atoms with Gasteiger partial charge in [0.25, 0.3) is 0 Å². The van der Waals surface area contributed by atoms with E-state index in [1.165, 1.54) is 0 Å². The summed E-state index contributed by atoms with van der Waals surface area (Å²) in [5, 5.41) is 11.1. The Balaban J connectivity index is 1.41. The summed E-state index contributed by atoms with van der Waals surface area (Å²) in [6, 6.07) is 9.89. The van der Waals surface area contributed by atoms with E-state index in [0.717, 1.165) is 30.5 Å². The quantitative estimate of drug-likeness (QED) is 0.746. The third kappa shape index (κ3) is 2.93. The average molecular weight is 337 g/mol. The maximum Gasteiger partial charge on any atom is 0.246 e. The minimum Gasteiger partial charge on any atom is -0.346 e. The first kappa shape index (κ1) is 15.6. The van der Waals surface area contributed by atoms with Gasteiger partial charge < -0.3 is 9.84 Å². The van der Waals surface area contributed by atoms with Crippen LogP contribution in [-0.2, 0) is 23.3 Å². The summed E-state index contributed by atoms with van der Waals surface area (Å²) in [4.78, 5) is 16.9. The number of carbonyl (C=O) groups excluding carboxylic acids is 1. The highest BCUT2D eigenvalue weighted by atomic mass is 16.5. The van der Waals surface area contributed by atoms with Crippen LogP contribution in [0.3, 0.4) is 0 Å². The summed E-state index contributed by atoms with van der Waals surface area (Å²) in [6.07, 6.45) is 5.30. The zero-order valence-corrected chi connectivity index (χ0v) is 14.0. The first-order valence-electron chi connectivity index (χ1n) is 8.40. The molecule has 1 aliphatic carbocycles. The number of benzene rings is 1. The first-order chi connectivity index (χ1) is 12.2. The molecule has 0 atom stereocenters. The van der Waals surface area contributed by atoms with Gasteiger partial charge in [0.2, 0.25) is 17.6 Å². The van der Waals surface area contributed by atoms with Crippen molar-refractivity contribution >= 4 is 5.91 Å². The fourth-order valence-electron chi connectivity index (χ4n) is 2.95. The standard InChI is InChI=1S/C18H19N5O2/c1-2-23-12-13(10-20-23)16-21-15(25-22-16)11-19-17(24)18(8-9-18)14-6-4-3-5-7-14/h3-7,10,12H,2,8-9,11H2,1H3,(H,19,24). The third-order valence-corrected chi connectivity index (χ3v) is 4.59. The number of hydrogen-bond acceptors (Lipinski definition) is 5. The number of hydrogen-bond donors (Lipinski definition) is 1. The Morgan fingerprint density at radius 1 is 1.32 bits per heavy atom. The van der Waals surface area contributed by atoms with E-state index in [1.54, 1.807) is 10.9 Å². The molecule has 0 spiro atoms. The minimum absolute atomic E-state index is 0.0113. The Hall–Kier alpha value is -2.96. The topological polar surface area (TPSA) is 85.8 Å². The molecule has 1 fully saturated rings. The van der Waals surface area contributed by atoms with Crippen molar-refractivity contribution in [3.63, 3.8) is 0 Å². The van der Waals surface area contributed by atoms with Crippen molar-refractivity contribution in [3.05, 3.63) is 54.2 Å². The number of carbonyl (C=O) groups is 1. The number of nitrogens with one attached hydrogen (secondary N) is 1. The second-order valence-electron chi connectivity index (χ2n) is 6.23. The van der Waals surface area contributed by atoms with E-state index in [9.17, 15) is 4.79 Å². The second-order valence-corrected chi connectivity index (χ2v) is 6.23. The molecule has 0 aliphatic heterocycles. The largest absolute Gasteiger partial charge is 0.346 e. The van der Waals surface area contributed by atoms with Gasteiger partial charge in [-0.1, -0.05) is 35.5 Å². The van der Waals surface area contributed by atoms with Crippen molar-refractivity contribution < 1.29 is 9.32 Å². The SMILES string of the molecule is CCn1cc(-c2noc(CNC(=O)C3(c4ccccc4)CC3)n2)cn1. The Labute approximate surface area is 145 Å². The highest BCUT2D eigenvalue weighted by molar-refractivity contribution is 5.91. The van der Waals surface area contributed by atoms with Crippen molar-refractivity contribution in [2.75, 3.05) is 0 Å². The average Bonchev–Trinajstić information content (AvgIpc) is 3.10. The lowest BCUT2D eigenvalue weighted by Crippen LogP contribution is -2.34. The van der Waals surface area contributed by atoms with Crippen LogP contribution >= 0.6 is 0 Å². The van der Waals surface area contributed by atoms with Gasteiger partial charge in [-0.15, -0.1) is 0 Å². The summed E-state index contributed by atoms with van der Waals surface area (Å²) in [6.45, 7) is 3.01. The van der Waals surface area contributed by atoms with Crippen molar-refractivity contribution in [3.8, 4) is 11.4 Å². The van der Waals surface area contributed by atoms with Gasteiger partial charge in [-0.25, -0.2) is 0 Å². The lowest BCUT2D eigenvalue weighted by atomic mass is 9.95. The summed E-state index contributed by atoms with van der Waals surface area (Å²) in [5.41, 5.74) is 1.46. The molecule has 1 amide bonds. The van der Waals surface area contributed by atoms with Gasteiger partial charge in [0.15, 0.2) is 0 Å². The van der Waals surface area contributed by atoms with Gasteiger partial charge in [0, 0.05) is 12.7 Å². The normalized spacial score (nSPS) is 15.1. The molecule has 0 radical (unpaired) electrons. The monoisotopic (exact) mass is 337 g/mol. The van der Waals surface area contributed by atoms with Gasteiger partial charge in [-0.3, -0.25) is 9.48 Å². The number of aromatic nitrogens is 4. The molecule has 1 N–H and O–H groups in total. The van der Waals surface area contributed by atoms with Crippen molar-refractivity contribution in [1.82, 2.24) is 25.2 Å². The molecule has 3 aromatic rings. The van der Waals surface area contributed by atoms with Crippen LogP contribution in [-0.4, -0.2) is 25.8 Å². The number of rotatable bonds is 6. The van der Waals surface area contributed by atoms with E-state index < -0.39 is 5.41 Å². The highest BCUT2D eigenvalue weighted by Crippen LogP contribution is 2.48. The Bertz CT molecular complexity index is 880. The minimum atomic E-state index is -0.396. The predicted octanol–water partition coefficient (Wildman–Crippen LogP) is 2.30. The molecule has 128 valence electrons. The summed E-state index contributed by atoms with van der Waals surface area (Å²) in [7, 11) is 0. The fourth-order valence-corrected chi connectivity index (χ4v) is 2.95. The van der Waals surface area contributed by atoms with E-state index in [0.29, 0.717) is 11.7 Å². The zero-order chi connectivity index (χ0) is 17.3. The second kappa shape index (κ2) is 6.16. The maximum atomic E-state index is 12.6. The molecule has 1 aliphatic rings. The van der Waals surface area contributed by atoms with E-state index in [1.807, 2.05) is 43.5 Å².